The van der Waals surface area contributed by atoms with Gasteiger partial charge in [0, 0.05) is 25.6 Å². The van der Waals surface area contributed by atoms with Gasteiger partial charge in [0.2, 0.25) is 5.91 Å². The Morgan fingerprint density at radius 1 is 1.28 bits per heavy atom. The highest BCUT2D eigenvalue weighted by Crippen LogP contribution is 2.17. The number of nitrogens with zero attached hydrogens (tertiary/aromatic N) is 1. The van der Waals surface area contributed by atoms with E-state index in [0.29, 0.717) is 6.54 Å². The topological polar surface area (TPSA) is 50.8 Å². The van der Waals surface area contributed by atoms with E-state index >= 15 is 0 Å². The van der Waals surface area contributed by atoms with Crippen LogP contribution < -0.4 is 10.1 Å². The van der Waals surface area contributed by atoms with Gasteiger partial charge in [-0.1, -0.05) is 26.0 Å². The van der Waals surface area contributed by atoms with Gasteiger partial charge in [0.25, 0.3) is 0 Å². The second-order valence-corrected chi connectivity index (χ2v) is 6.72. The van der Waals surface area contributed by atoms with Crippen LogP contribution in [0.2, 0.25) is 0 Å². The van der Waals surface area contributed by atoms with Crippen molar-refractivity contribution in [1.82, 2.24) is 10.2 Å². The number of hydrogen-bond acceptors (Lipinski definition) is 4. The quantitative estimate of drug-likeness (QED) is 0.746. The van der Waals surface area contributed by atoms with Gasteiger partial charge in [-0.05, 0) is 37.5 Å². The summed E-state index contributed by atoms with van der Waals surface area (Å²) in [6.45, 7) is 11.1. The maximum Gasteiger partial charge on any atom is 0.223 e. The van der Waals surface area contributed by atoms with Crippen molar-refractivity contribution in [2.45, 2.75) is 46.3 Å². The molecule has 1 heterocycles. The van der Waals surface area contributed by atoms with E-state index < -0.39 is 0 Å². The monoisotopic (exact) mass is 348 g/mol. The Balaban J connectivity index is 1.81. The zero-order valence-electron chi connectivity index (χ0n) is 15.8. The van der Waals surface area contributed by atoms with Gasteiger partial charge in [0.1, 0.15) is 11.9 Å². The number of carbonyl (C=O) groups excluding carboxylic acids is 1. The largest absolute Gasteiger partial charge is 0.489 e. The molecular formula is C20H32N2O3. The standard InChI is InChI=1S/C20H32N2O3/c1-4-18(5-2)20(23)21-14-16(3)25-19-8-6-7-17(13-19)15-22-9-11-24-12-10-22/h6-8,13,16,18H,4-5,9-12,14-15H2,1-3H3,(H,21,23)/t16-/m0/s1. The van der Waals surface area contributed by atoms with Crippen molar-refractivity contribution in [3.05, 3.63) is 29.8 Å². The van der Waals surface area contributed by atoms with Crippen molar-refractivity contribution in [3.63, 3.8) is 0 Å². The van der Waals surface area contributed by atoms with E-state index in [9.17, 15) is 4.79 Å². The minimum Gasteiger partial charge on any atom is -0.489 e. The predicted octanol–water partition coefficient (Wildman–Crippen LogP) is 2.84. The number of ether oxygens (including phenoxy) is 2. The molecule has 5 heteroatoms. The van der Waals surface area contributed by atoms with Crippen LogP contribution in [0.1, 0.15) is 39.2 Å². The Morgan fingerprint density at radius 3 is 2.68 bits per heavy atom. The van der Waals surface area contributed by atoms with Gasteiger partial charge >= 0.3 is 0 Å². The number of amides is 1. The number of hydrogen-bond donors (Lipinski definition) is 1. The van der Waals surface area contributed by atoms with Crippen LogP contribution >= 0.6 is 0 Å². The lowest BCUT2D eigenvalue weighted by Crippen LogP contribution is -2.37. The summed E-state index contributed by atoms with van der Waals surface area (Å²) in [6, 6.07) is 8.22. The van der Waals surface area contributed by atoms with Crippen LogP contribution in [-0.4, -0.2) is 49.8 Å². The second kappa shape index (κ2) is 10.4. The Bertz CT molecular complexity index is 525. The molecule has 1 fully saturated rings. The van der Waals surface area contributed by atoms with Crippen LogP contribution in [-0.2, 0) is 16.1 Å². The van der Waals surface area contributed by atoms with E-state index in [1.807, 2.05) is 32.9 Å². The van der Waals surface area contributed by atoms with E-state index in [2.05, 4.69) is 22.3 Å². The summed E-state index contributed by atoms with van der Waals surface area (Å²) in [4.78, 5) is 14.4. The van der Waals surface area contributed by atoms with Crippen LogP contribution in [0.25, 0.3) is 0 Å². The van der Waals surface area contributed by atoms with Gasteiger partial charge < -0.3 is 14.8 Å². The summed E-state index contributed by atoms with van der Waals surface area (Å²) in [5.74, 6) is 1.08. The summed E-state index contributed by atoms with van der Waals surface area (Å²) in [5, 5.41) is 3.00. The summed E-state index contributed by atoms with van der Waals surface area (Å²) in [6.07, 6.45) is 1.69. The summed E-state index contributed by atoms with van der Waals surface area (Å²) in [5.41, 5.74) is 1.24. The Labute approximate surface area is 151 Å². The van der Waals surface area contributed by atoms with Crippen molar-refractivity contribution < 1.29 is 14.3 Å². The van der Waals surface area contributed by atoms with Gasteiger partial charge in [-0.2, -0.15) is 0 Å². The highest BCUT2D eigenvalue weighted by Gasteiger charge is 2.15. The molecule has 1 aliphatic rings. The first-order valence-corrected chi connectivity index (χ1v) is 9.45. The molecule has 0 bridgehead atoms. The molecule has 1 aromatic rings. The van der Waals surface area contributed by atoms with Crippen LogP contribution in [0.3, 0.4) is 0 Å². The molecule has 0 unspecified atom stereocenters. The average molecular weight is 348 g/mol. The third kappa shape index (κ3) is 6.67. The lowest BCUT2D eigenvalue weighted by Gasteiger charge is -2.26. The fourth-order valence-corrected chi connectivity index (χ4v) is 3.06. The smallest absolute Gasteiger partial charge is 0.223 e. The highest BCUT2D eigenvalue weighted by atomic mass is 16.5. The summed E-state index contributed by atoms with van der Waals surface area (Å²) >= 11 is 0. The molecule has 1 amide bonds. The van der Waals surface area contributed by atoms with Gasteiger partial charge in [-0.3, -0.25) is 9.69 Å². The van der Waals surface area contributed by atoms with Crippen molar-refractivity contribution in [2.24, 2.45) is 5.92 Å². The Kier molecular flexibility index (Phi) is 8.22. The zero-order valence-corrected chi connectivity index (χ0v) is 15.8. The fraction of sp³-hybridized carbons (Fsp3) is 0.650. The predicted molar refractivity (Wildman–Crippen MR) is 99.7 cm³/mol. The fourth-order valence-electron chi connectivity index (χ4n) is 3.06. The Morgan fingerprint density at radius 2 is 2.00 bits per heavy atom. The third-order valence-corrected chi connectivity index (χ3v) is 4.67. The first kappa shape index (κ1) is 19.7. The molecule has 1 aromatic carbocycles. The van der Waals surface area contributed by atoms with Crippen LogP contribution in [0, 0.1) is 5.92 Å². The number of carbonyl (C=O) groups is 1. The molecule has 0 radical (unpaired) electrons. The zero-order chi connectivity index (χ0) is 18.1. The lowest BCUT2D eigenvalue weighted by atomic mass is 10.0. The highest BCUT2D eigenvalue weighted by molar-refractivity contribution is 5.78. The van der Waals surface area contributed by atoms with Gasteiger partial charge in [-0.25, -0.2) is 0 Å². The Hall–Kier alpha value is -1.59. The maximum atomic E-state index is 12.1. The first-order chi connectivity index (χ1) is 12.1. The van der Waals surface area contributed by atoms with Gasteiger partial charge in [0.15, 0.2) is 0 Å². The molecule has 0 spiro atoms. The molecule has 1 aliphatic heterocycles. The molecule has 2 rings (SSSR count). The van der Waals surface area contributed by atoms with E-state index in [1.54, 1.807) is 0 Å². The SMILES string of the molecule is CCC(CC)C(=O)NC[C@H](C)Oc1cccc(CN2CCOCC2)c1. The van der Waals surface area contributed by atoms with Crippen LogP contribution in [0.4, 0.5) is 0 Å². The molecule has 25 heavy (non-hydrogen) atoms. The number of morpholine rings is 1. The molecule has 0 saturated carbocycles. The first-order valence-electron chi connectivity index (χ1n) is 9.45. The van der Waals surface area contributed by atoms with Gasteiger partial charge in [-0.15, -0.1) is 0 Å². The van der Waals surface area contributed by atoms with E-state index in [1.165, 1.54) is 5.56 Å². The van der Waals surface area contributed by atoms with E-state index in [0.717, 1.165) is 51.4 Å². The summed E-state index contributed by atoms with van der Waals surface area (Å²) < 4.78 is 11.4. The van der Waals surface area contributed by atoms with E-state index in [-0.39, 0.29) is 17.9 Å². The van der Waals surface area contributed by atoms with Crippen LogP contribution in [0.15, 0.2) is 24.3 Å². The van der Waals surface area contributed by atoms with Crippen molar-refractivity contribution in [3.8, 4) is 5.75 Å². The number of rotatable bonds is 9. The minimum absolute atomic E-state index is 0.0584. The lowest BCUT2D eigenvalue weighted by molar-refractivity contribution is -0.125. The minimum atomic E-state index is -0.0584. The second-order valence-electron chi connectivity index (χ2n) is 6.72. The molecule has 140 valence electrons. The molecule has 5 nitrogen and oxygen atoms in total. The van der Waals surface area contributed by atoms with E-state index in [4.69, 9.17) is 9.47 Å². The van der Waals surface area contributed by atoms with Crippen molar-refractivity contribution in [2.75, 3.05) is 32.8 Å². The number of nitrogens with one attached hydrogen (secondary N) is 1. The molecular weight excluding hydrogens is 316 g/mol. The maximum absolute atomic E-state index is 12.1. The molecule has 0 aromatic heterocycles. The van der Waals surface area contributed by atoms with Crippen LogP contribution in [0.5, 0.6) is 5.75 Å². The van der Waals surface area contributed by atoms with Crippen molar-refractivity contribution in [1.29, 1.82) is 0 Å². The number of benzene rings is 1. The molecule has 1 saturated heterocycles. The normalized spacial score (nSPS) is 16.6. The molecule has 1 atom stereocenters. The molecule has 0 aliphatic carbocycles. The summed E-state index contributed by atoms with van der Waals surface area (Å²) in [7, 11) is 0. The molecule has 1 N–H and O–H groups in total. The van der Waals surface area contributed by atoms with Crippen molar-refractivity contribution >= 4 is 5.91 Å². The third-order valence-electron chi connectivity index (χ3n) is 4.67. The average Bonchev–Trinajstić information content (AvgIpc) is 2.62. The van der Waals surface area contributed by atoms with Gasteiger partial charge in [0.05, 0.1) is 19.8 Å².